The van der Waals surface area contributed by atoms with Crippen LogP contribution >= 0.6 is 22.9 Å². The molecule has 1 aromatic carbocycles. The van der Waals surface area contributed by atoms with Crippen LogP contribution in [0.5, 0.6) is 0 Å². The molecule has 0 aliphatic heterocycles. The number of sulfonamides is 1. The van der Waals surface area contributed by atoms with Gasteiger partial charge in [0, 0.05) is 6.07 Å². The Morgan fingerprint density at radius 2 is 2.10 bits per heavy atom. The molecule has 0 aliphatic rings. The number of hydrogen-bond donors (Lipinski definition) is 1. The van der Waals surface area contributed by atoms with Crippen molar-refractivity contribution >= 4 is 43.6 Å². The van der Waals surface area contributed by atoms with Gasteiger partial charge < -0.3 is 0 Å². The zero-order valence-corrected chi connectivity index (χ0v) is 12.5. The summed E-state index contributed by atoms with van der Waals surface area (Å²) in [4.78, 5) is 9.70. The molecular formula is C11H6ClN3O4S2. The summed E-state index contributed by atoms with van der Waals surface area (Å²) in [6.07, 6.45) is 0. The monoisotopic (exact) mass is 343 g/mol. The fraction of sp³-hybridized carbons (Fsp3) is 0. The maximum atomic E-state index is 12.2. The number of nitro benzene ring substituents is 1. The van der Waals surface area contributed by atoms with Crippen molar-refractivity contribution in [3.05, 3.63) is 50.3 Å². The molecule has 108 valence electrons. The smallest absolute Gasteiger partial charge is 0.269 e. The maximum Gasteiger partial charge on any atom is 0.289 e. The zero-order valence-electron chi connectivity index (χ0n) is 10.1. The Morgan fingerprint density at radius 1 is 1.38 bits per heavy atom. The molecule has 2 rings (SSSR count). The van der Waals surface area contributed by atoms with E-state index in [1.165, 1.54) is 6.07 Å². The van der Waals surface area contributed by atoms with Gasteiger partial charge in [0.05, 0.1) is 15.4 Å². The van der Waals surface area contributed by atoms with Gasteiger partial charge in [0.1, 0.15) is 16.1 Å². The van der Waals surface area contributed by atoms with E-state index in [1.54, 1.807) is 5.38 Å². The van der Waals surface area contributed by atoms with Crippen LogP contribution < -0.4 is 4.72 Å². The third-order valence-corrected chi connectivity index (χ3v) is 5.06. The van der Waals surface area contributed by atoms with E-state index in [2.05, 4.69) is 4.72 Å². The number of nitriles is 1. The molecule has 0 bridgehead atoms. The predicted octanol–water partition coefficient (Wildman–Crippen LogP) is 2.98. The largest absolute Gasteiger partial charge is 0.289 e. The Balaban J connectivity index is 2.43. The summed E-state index contributed by atoms with van der Waals surface area (Å²) in [5, 5.41) is 21.2. The third kappa shape index (κ3) is 3.13. The van der Waals surface area contributed by atoms with Gasteiger partial charge in [-0.1, -0.05) is 11.6 Å². The number of hydrogen-bond acceptors (Lipinski definition) is 6. The van der Waals surface area contributed by atoms with Gasteiger partial charge in [-0.05, 0) is 23.6 Å². The quantitative estimate of drug-likeness (QED) is 0.677. The van der Waals surface area contributed by atoms with Crippen LogP contribution in [0.1, 0.15) is 5.56 Å². The first-order valence-corrected chi connectivity index (χ1v) is 8.03. The zero-order chi connectivity index (χ0) is 15.6. The van der Waals surface area contributed by atoms with Crippen molar-refractivity contribution < 1.29 is 13.3 Å². The van der Waals surface area contributed by atoms with Crippen molar-refractivity contribution in [2.45, 2.75) is 4.90 Å². The Hall–Kier alpha value is -2.15. The van der Waals surface area contributed by atoms with Gasteiger partial charge in [-0.15, -0.1) is 11.3 Å². The Kier molecular flexibility index (Phi) is 4.13. The highest BCUT2D eigenvalue weighted by Crippen LogP contribution is 2.30. The van der Waals surface area contributed by atoms with Crippen molar-refractivity contribution in [2.24, 2.45) is 0 Å². The van der Waals surface area contributed by atoms with E-state index in [-0.39, 0.29) is 20.5 Å². The van der Waals surface area contributed by atoms with E-state index < -0.39 is 20.6 Å². The number of benzene rings is 1. The first-order chi connectivity index (χ1) is 9.85. The Morgan fingerprint density at radius 3 is 2.71 bits per heavy atom. The van der Waals surface area contributed by atoms with Crippen molar-refractivity contribution in [1.29, 1.82) is 5.26 Å². The second-order valence-corrected chi connectivity index (χ2v) is 6.76. The van der Waals surface area contributed by atoms with Crippen LogP contribution in [0.2, 0.25) is 5.02 Å². The number of thiophene rings is 1. The lowest BCUT2D eigenvalue weighted by molar-refractivity contribution is -0.384. The number of rotatable bonds is 4. The molecule has 0 radical (unpaired) electrons. The lowest BCUT2D eigenvalue weighted by Crippen LogP contribution is -2.13. The molecule has 0 saturated heterocycles. The fourth-order valence-corrected chi connectivity index (χ4v) is 3.73. The number of nitrogens with zero attached hydrogens (tertiary/aromatic N) is 2. The predicted molar refractivity (Wildman–Crippen MR) is 77.9 cm³/mol. The number of anilines is 1. The minimum atomic E-state index is -4.04. The van der Waals surface area contributed by atoms with E-state index in [1.807, 2.05) is 6.07 Å². The van der Waals surface area contributed by atoms with Gasteiger partial charge in [-0.25, -0.2) is 8.42 Å². The normalized spacial score (nSPS) is 10.9. The SMILES string of the molecule is N#Cc1ccsc1NS(=O)(=O)c1ccc(Cl)c([N+](=O)[O-])c1. The molecule has 0 aliphatic carbocycles. The molecule has 0 spiro atoms. The molecule has 21 heavy (non-hydrogen) atoms. The maximum absolute atomic E-state index is 12.2. The second-order valence-electron chi connectivity index (χ2n) is 3.75. The Bertz CT molecular complexity index is 855. The van der Waals surface area contributed by atoms with Crippen molar-refractivity contribution in [2.75, 3.05) is 4.72 Å². The number of nitro groups is 1. The first kappa shape index (κ1) is 15.2. The molecule has 1 aromatic heterocycles. The molecule has 2 aromatic rings. The standard InChI is InChI=1S/C11H6ClN3O4S2/c12-9-2-1-8(5-10(9)15(16)17)21(18,19)14-11-7(6-13)3-4-20-11/h1-5,14H. The average Bonchev–Trinajstić information content (AvgIpc) is 2.85. The van der Waals surface area contributed by atoms with Crippen LogP contribution in [0.25, 0.3) is 0 Å². The van der Waals surface area contributed by atoms with E-state index >= 15 is 0 Å². The lowest BCUT2D eigenvalue weighted by Gasteiger charge is -2.06. The topological polar surface area (TPSA) is 113 Å². The minimum absolute atomic E-state index is 0.148. The summed E-state index contributed by atoms with van der Waals surface area (Å²) in [5.41, 5.74) is -0.335. The van der Waals surface area contributed by atoms with E-state index in [0.29, 0.717) is 0 Å². The van der Waals surface area contributed by atoms with Crippen LogP contribution in [0.4, 0.5) is 10.7 Å². The van der Waals surface area contributed by atoms with Crippen LogP contribution in [0, 0.1) is 21.4 Å². The molecular weight excluding hydrogens is 338 g/mol. The van der Waals surface area contributed by atoms with Gasteiger partial charge in [-0.2, -0.15) is 5.26 Å². The molecule has 0 atom stereocenters. The first-order valence-electron chi connectivity index (χ1n) is 5.29. The van der Waals surface area contributed by atoms with Crippen LogP contribution in [-0.2, 0) is 10.0 Å². The highest BCUT2D eigenvalue weighted by atomic mass is 35.5. The summed E-state index contributed by atoms with van der Waals surface area (Å²) in [5.74, 6) is 0. The summed E-state index contributed by atoms with van der Waals surface area (Å²) in [6, 6.07) is 6.46. The van der Waals surface area contributed by atoms with Crippen molar-refractivity contribution in [1.82, 2.24) is 0 Å². The highest BCUT2D eigenvalue weighted by molar-refractivity contribution is 7.93. The molecule has 1 N–H and O–H groups in total. The van der Waals surface area contributed by atoms with E-state index in [0.717, 1.165) is 29.5 Å². The molecule has 1 heterocycles. The summed E-state index contributed by atoms with van der Waals surface area (Å²) < 4.78 is 26.6. The number of halogens is 1. The van der Waals surface area contributed by atoms with E-state index in [4.69, 9.17) is 16.9 Å². The fourth-order valence-electron chi connectivity index (χ4n) is 1.46. The van der Waals surface area contributed by atoms with Crippen molar-refractivity contribution in [3.8, 4) is 6.07 Å². The molecule has 0 fully saturated rings. The van der Waals surface area contributed by atoms with Gasteiger partial charge in [0.2, 0.25) is 0 Å². The average molecular weight is 344 g/mol. The molecule has 0 unspecified atom stereocenters. The highest BCUT2D eigenvalue weighted by Gasteiger charge is 2.22. The Labute approximate surface area is 128 Å². The lowest BCUT2D eigenvalue weighted by atomic mass is 10.3. The third-order valence-electron chi connectivity index (χ3n) is 2.44. The van der Waals surface area contributed by atoms with Gasteiger partial charge >= 0.3 is 0 Å². The van der Waals surface area contributed by atoms with Crippen LogP contribution in [0.15, 0.2) is 34.5 Å². The van der Waals surface area contributed by atoms with Gasteiger partial charge in [0.15, 0.2) is 0 Å². The summed E-state index contributed by atoms with van der Waals surface area (Å²) >= 11 is 6.67. The van der Waals surface area contributed by atoms with E-state index in [9.17, 15) is 18.5 Å². The van der Waals surface area contributed by atoms with Gasteiger partial charge in [-0.3, -0.25) is 14.8 Å². The summed E-state index contributed by atoms with van der Waals surface area (Å²) in [6.45, 7) is 0. The molecule has 10 heteroatoms. The molecule has 0 saturated carbocycles. The molecule has 0 amide bonds. The van der Waals surface area contributed by atoms with Crippen LogP contribution in [0.3, 0.4) is 0 Å². The van der Waals surface area contributed by atoms with Crippen LogP contribution in [-0.4, -0.2) is 13.3 Å². The number of nitrogens with one attached hydrogen (secondary N) is 1. The summed E-state index contributed by atoms with van der Waals surface area (Å²) in [7, 11) is -4.04. The van der Waals surface area contributed by atoms with Gasteiger partial charge in [0.25, 0.3) is 15.7 Å². The van der Waals surface area contributed by atoms with Crippen molar-refractivity contribution in [3.63, 3.8) is 0 Å². The minimum Gasteiger partial charge on any atom is -0.269 e. The second kappa shape index (κ2) is 5.69. The molecule has 7 nitrogen and oxygen atoms in total.